The van der Waals surface area contributed by atoms with Crippen LogP contribution < -0.4 is 0 Å². The number of halogens is 1. The lowest BCUT2D eigenvalue weighted by Crippen LogP contribution is -2.18. The number of ether oxygens (including phenoxy) is 1. The number of nitrogens with zero attached hydrogens (tertiary/aromatic N) is 1. The zero-order valence-electron chi connectivity index (χ0n) is 18.3. The molecule has 4 heteroatoms. The number of hydrogen-bond acceptors (Lipinski definition) is 2. The van der Waals surface area contributed by atoms with E-state index in [1.807, 2.05) is 68.4 Å². The zero-order valence-corrected chi connectivity index (χ0v) is 18.3. The molecule has 0 aliphatic heterocycles. The predicted octanol–water partition coefficient (Wildman–Crippen LogP) is 6.17. The van der Waals surface area contributed by atoms with Crippen molar-refractivity contribution in [2.45, 2.75) is 32.9 Å². The number of aryl methyl sites for hydroxylation is 1. The van der Waals surface area contributed by atoms with Crippen LogP contribution in [0.5, 0.6) is 0 Å². The van der Waals surface area contributed by atoms with Gasteiger partial charge in [0.15, 0.2) is 0 Å². The molecule has 32 heavy (non-hydrogen) atoms. The number of aromatic nitrogens is 1. The number of hydrogen-bond donors (Lipinski definition) is 0. The number of esters is 1. The largest absolute Gasteiger partial charge is 0.460 e. The van der Waals surface area contributed by atoms with Gasteiger partial charge in [0, 0.05) is 17.9 Å². The van der Waals surface area contributed by atoms with Gasteiger partial charge in [0.2, 0.25) is 0 Å². The molecule has 1 aromatic heterocycles. The van der Waals surface area contributed by atoms with E-state index in [2.05, 4.69) is 16.7 Å². The van der Waals surface area contributed by atoms with E-state index >= 15 is 0 Å². The molecule has 1 heterocycles. The standard InChI is InChI=1S/C28H26FNO2/c1-20-16-26(21(2)30(20)18-22-10-5-3-6-11-22)27(24-14-9-15-25(29)17-24)28(31)32-19-23-12-7-4-8-13-23/h3-17,27H,18-19H2,1-2H3. The van der Waals surface area contributed by atoms with Gasteiger partial charge in [0.1, 0.15) is 18.3 Å². The maximum atomic E-state index is 14.1. The van der Waals surface area contributed by atoms with Crippen LogP contribution in [0.25, 0.3) is 0 Å². The minimum absolute atomic E-state index is 0.175. The van der Waals surface area contributed by atoms with E-state index in [1.165, 1.54) is 17.7 Å². The Kier molecular flexibility index (Phi) is 6.50. The van der Waals surface area contributed by atoms with E-state index in [4.69, 9.17) is 4.74 Å². The summed E-state index contributed by atoms with van der Waals surface area (Å²) in [5.74, 6) is -1.47. The molecule has 0 saturated heterocycles. The molecule has 3 aromatic carbocycles. The van der Waals surface area contributed by atoms with Crippen molar-refractivity contribution in [3.63, 3.8) is 0 Å². The zero-order chi connectivity index (χ0) is 22.5. The first kappa shape index (κ1) is 21.6. The van der Waals surface area contributed by atoms with Gasteiger partial charge in [-0.1, -0.05) is 72.8 Å². The lowest BCUT2D eigenvalue weighted by molar-refractivity contribution is -0.145. The van der Waals surface area contributed by atoms with Crippen LogP contribution >= 0.6 is 0 Å². The van der Waals surface area contributed by atoms with Gasteiger partial charge in [-0.05, 0) is 54.3 Å². The van der Waals surface area contributed by atoms with Gasteiger partial charge in [-0.3, -0.25) is 4.79 Å². The smallest absolute Gasteiger partial charge is 0.318 e. The Morgan fingerprint density at radius 2 is 1.53 bits per heavy atom. The van der Waals surface area contributed by atoms with Gasteiger partial charge >= 0.3 is 5.97 Å². The molecule has 0 radical (unpaired) electrons. The highest BCUT2D eigenvalue weighted by Crippen LogP contribution is 2.32. The highest BCUT2D eigenvalue weighted by molar-refractivity contribution is 5.82. The number of carbonyl (C=O) groups excluding carboxylic acids is 1. The minimum atomic E-state index is -0.704. The van der Waals surface area contributed by atoms with E-state index < -0.39 is 5.92 Å². The van der Waals surface area contributed by atoms with E-state index in [1.54, 1.807) is 12.1 Å². The van der Waals surface area contributed by atoms with Crippen molar-refractivity contribution < 1.29 is 13.9 Å². The molecule has 0 aliphatic rings. The fourth-order valence-corrected chi connectivity index (χ4v) is 4.07. The summed E-state index contributed by atoms with van der Waals surface area (Å²) in [6.07, 6.45) is 0. The quantitative estimate of drug-likeness (QED) is 0.330. The van der Waals surface area contributed by atoms with Crippen molar-refractivity contribution in [2.75, 3.05) is 0 Å². The second-order valence-corrected chi connectivity index (χ2v) is 7.98. The van der Waals surface area contributed by atoms with Crippen LogP contribution in [0.1, 0.15) is 39.6 Å². The molecule has 0 fully saturated rings. The summed E-state index contributed by atoms with van der Waals surface area (Å²) in [6.45, 7) is 4.90. The lowest BCUT2D eigenvalue weighted by atomic mass is 9.91. The van der Waals surface area contributed by atoms with E-state index in [0.29, 0.717) is 12.1 Å². The summed E-state index contributed by atoms with van der Waals surface area (Å²) in [5.41, 5.74) is 5.52. The Balaban J connectivity index is 1.68. The van der Waals surface area contributed by atoms with Crippen LogP contribution in [0.2, 0.25) is 0 Å². The molecule has 1 atom stereocenters. The van der Waals surface area contributed by atoms with Crippen molar-refractivity contribution in [1.29, 1.82) is 0 Å². The highest BCUT2D eigenvalue weighted by atomic mass is 19.1. The molecule has 0 saturated carbocycles. The van der Waals surface area contributed by atoms with E-state index in [-0.39, 0.29) is 18.4 Å². The summed E-state index contributed by atoms with van der Waals surface area (Å²) in [5, 5.41) is 0. The Morgan fingerprint density at radius 1 is 0.875 bits per heavy atom. The summed E-state index contributed by atoms with van der Waals surface area (Å²) < 4.78 is 21.9. The third-order valence-electron chi connectivity index (χ3n) is 5.75. The number of benzene rings is 3. The van der Waals surface area contributed by atoms with E-state index in [0.717, 1.165) is 22.5 Å². The second-order valence-electron chi connectivity index (χ2n) is 7.98. The van der Waals surface area contributed by atoms with Crippen molar-refractivity contribution >= 4 is 5.97 Å². The first-order valence-electron chi connectivity index (χ1n) is 10.7. The average molecular weight is 428 g/mol. The van der Waals surface area contributed by atoms with Crippen molar-refractivity contribution in [3.8, 4) is 0 Å². The minimum Gasteiger partial charge on any atom is -0.460 e. The SMILES string of the molecule is Cc1cc(C(C(=O)OCc2ccccc2)c2cccc(F)c2)c(C)n1Cc1ccccc1. The summed E-state index contributed by atoms with van der Waals surface area (Å²) in [7, 11) is 0. The Morgan fingerprint density at radius 3 is 2.19 bits per heavy atom. The summed E-state index contributed by atoms with van der Waals surface area (Å²) >= 11 is 0. The normalized spacial score (nSPS) is 11.8. The molecule has 0 N–H and O–H groups in total. The molecule has 162 valence electrons. The lowest BCUT2D eigenvalue weighted by Gasteiger charge is -2.18. The van der Waals surface area contributed by atoms with Crippen LogP contribution in [0.15, 0.2) is 91.0 Å². The summed E-state index contributed by atoms with van der Waals surface area (Å²) in [6, 6.07) is 28.0. The van der Waals surface area contributed by atoms with Crippen LogP contribution in [0.4, 0.5) is 4.39 Å². The predicted molar refractivity (Wildman–Crippen MR) is 124 cm³/mol. The molecule has 0 aliphatic carbocycles. The first-order chi connectivity index (χ1) is 15.5. The van der Waals surface area contributed by atoms with Crippen LogP contribution in [0, 0.1) is 19.7 Å². The maximum Gasteiger partial charge on any atom is 0.318 e. The van der Waals surface area contributed by atoms with E-state index in [9.17, 15) is 9.18 Å². The topological polar surface area (TPSA) is 31.2 Å². The molecule has 1 unspecified atom stereocenters. The van der Waals surface area contributed by atoms with Crippen molar-refractivity contribution in [2.24, 2.45) is 0 Å². The van der Waals surface area contributed by atoms with Crippen LogP contribution in [-0.2, 0) is 22.7 Å². The van der Waals surface area contributed by atoms with Gasteiger partial charge in [-0.25, -0.2) is 4.39 Å². The average Bonchev–Trinajstić information content (AvgIpc) is 3.07. The Hall–Kier alpha value is -3.66. The van der Waals surface area contributed by atoms with Crippen molar-refractivity contribution in [3.05, 3.63) is 130 Å². The van der Waals surface area contributed by atoms with Gasteiger partial charge in [0.05, 0.1) is 0 Å². The third kappa shape index (κ3) is 4.80. The fraction of sp³-hybridized carbons (Fsp3) is 0.179. The third-order valence-corrected chi connectivity index (χ3v) is 5.75. The van der Waals surface area contributed by atoms with Gasteiger partial charge in [-0.15, -0.1) is 0 Å². The number of rotatable bonds is 7. The van der Waals surface area contributed by atoms with Crippen LogP contribution in [0.3, 0.4) is 0 Å². The molecule has 3 nitrogen and oxygen atoms in total. The van der Waals surface area contributed by atoms with Gasteiger partial charge < -0.3 is 9.30 Å². The molecular formula is C28H26FNO2. The van der Waals surface area contributed by atoms with Gasteiger partial charge in [0.25, 0.3) is 0 Å². The van der Waals surface area contributed by atoms with Crippen LogP contribution in [-0.4, -0.2) is 10.5 Å². The molecule has 0 amide bonds. The first-order valence-corrected chi connectivity index (χ1v) is 10.7. The van der Waals surface area contributed by atoms with Gasteiger partial charge in [-0.2, -0.15) is 0 Å². The Labute approximate surface area is 188 Å². The summed E-state index contributed by atoms with van der Waals surface area (Å²) in [4.78, 5) is 13.3. The fourth-order valence-electron chi connectivity index (χ4n) is 4.07. The maximum absolute atomic E-state index is 14.1. The highest BCUT2D eigenvalue weighted by Gasteiger charge is 2.29. The number of carbonyl (C=O) groups is 1. The molecule has 4 aromatic rings. The molecule has 0 spiro atoms. The Bertz CT molecular complexity index is 1200. The van der Waals surface area contributed by atoms with Crippen molar-refractivity contribution in [1.82, 2.24) is 4.57 Å². The second kappa shape index (κ2) is 9.65. The molecule has 0 bridgehead atoms. The molecule has 4 rings (SSSR count). The monoisotopic (exact) mass is 427 g/mol. The molecular weight excluding hydrogens is 401 g/mol.